The van der Waals surface area contributed by atoms with E-state index in [1.807, 2.05) is 11.4 Å². The lowest BCUT2D eigenvalue weighted by Crippen LogP contribution is -2.87. The Labute approximate surface area is 159 Å². The average Bonchev–Trinajstić information content (AvgIpc) is 3.20. The van der Waals surface area contributed by atoms with Gasteiger partial charge >= 0.3 is 0 Å². The van der Waals surface area contributed by atoms with E-state index in [9.17, 15) is 9.59 Å². The zero-order valence-corrected chi connectivity index (χ0v) is 16.4. The van der Waals surface area contributed by atoms with Crippen molar-refractivity contribution in [3.8, 4) is 0 Å². The third-order valence-electron chi connectivity index (χ3n) is 4.59. The Balaban J connectivity index is 2.05. The molecule has 0 aliphatic heterocycles. The molecule has 0 bridgehead atoms. The second-order valence-electron chi connectivity index (χ2n) is 6.36. The van der Waals surface area contributed by atoms with Gasteiger partial charge in [0.2, 0.25) is 5.91 Å². The number of rotatable bonds is 9. The third kappa shape index (κ3) is 5.68. The van der Waals surface area contributed by atoms with E-state index in [1.54, 1.807) is 18.4 Å². The summed E-state index contributed by atoms with van der Waals surface area (Å²) in [6.45, 7) is 4.70. The first-order valence-electron chi connectivity index (χ1n) is 8.99. The summed E-state index contributed by atoms with van der Waals surface area (Å²) >= 11 is 1.69. The summed E-state index contributed by atoms with van der Waals surface area (Å²) in [5, 5.41) is 9.20. The third-order valence-corrected chi connectivity index (χ3v) is 5.55. The number of hydrogen-bond acceptors (Lipinski definition) is 3. The molecule has 0 fully saturated rings. The standard InChI is InChI=1S/C20H27N3O2S/c1-4-14(2)15-7-9-16(10-8-15)20(17-6-5-11-26-17)23-13-19(25)22-12-18(24)21-3/h5-11,14,20,23H,4,12-13H2,1-3H3,(H,21,24)(H,22,25)/p+1/t14-,20+/m1/s1. The van der Waals surface area contributed by atoms with Gasteiger partial charge in [-0.3, -0.25) is 9.59 Å². The summed E-state index contributed by atoms with van der Waals surface area (Å²) in [4.78, 5) is 24.5. The van der Waals surface area contributed by atoms with Gasteiger partial charge in [0.05, 0.1) is 11.4 Å². The lowest BCUT2D eigenvalue weighted by Gasteiger charge is -2.16. The maximum atomic E-state index is 12.0. The Kier molecular flexibility index (Phi) is 7.81. The minimum atomic E-state index is -0.200. The van der Waals surface area contributed by atoms with Gasteiger partial charge in [0.1, 0.15) is 6.04 Å². The first-order valence-corrected chi connectivity index (χ1v) is 9.87. The molecule has 0 aliphatic rings. The van der Waals surface area contributed by atoms with E-state index in [0.29, 0.717) is 5.92 Å². The van der Waals surface area contributed by atoms with E-state index < -0.39 is 0 Å². The number of nitrogens with one attached hydrogen (secondary N) is 2. The zero-order chi connectivity index (χ0) is 18.9. The van der Waals surface area contributed by atoms with Crippen molar-refractivity contribution in [3.63, 3.8) is 0 Å². The highest BCUT2D eigenvalue weighted by molar-refractivity contribution is 7.10. The Morgan fingerprint density at radius 2 is 1.81 bits per heavy atom. The van der Waals surface area contributed by atoms with Gasteiger partial charge in [-0.25, -0.2) is 0 Å². The highest BCUT2D eigenvalue weighted by Crippen LogP contribution is 2.25. The van der Waals surface area contributed by atoms with Crippen molar-refractivity contribution < 1.29 is 14.9 Å². The lowest BCUT2D eigenvalue weighted by atomic mass is 9.95. The van der Waals surface area contributed by atoms with Crippen molar-refractivity contribution in [2.45, 2.75) is 32.2 Å². The van der Waals surface area contributed by atoms with Crippen molar-refractivity contribution in [1.82, 2.24) is 10.6 Å². The van der Waals surface area contributed by atoms with Gasteiger partial charge in [-0.2, -0.15) is 0 Å². The van der Waals surface area contributed by atoms with Crippen molar-refractivity contribution in [2.24, 2.45) is 0 Å². The Hall–Kier alpha value is -2.18. The first kappa shape index (κ1) is 20.1. The normalized spacial score (nSPS) is 13.0. The minimum absolute atomic E-state index is 0.0104. The molecule has 0 unspecified atom stereocenters. The van der Waals surface area contributed by atoms with Crippen LogP contribution >= 0.6 is 11.3 Å². The molecule has 1 aromatic carbocycles. The van der Waals surface area contributed by atoms with Crippen molar-refractivity contribution >= 4 is 23.2 Å². The molecule has 26 heavy (non-hydrogen) atoms. The second-order valence-corrected chi connectivity index (χ2v) is 7.34. The number of carbonyl (C=O) groups excluding carboxylic acids is 2. The molecule has 140 valence electrons. The fourth-order valence-electron chi connectivity index (χ4n) is 2.72. The number of benzene rings is 1. The Bertz CT molecular complexity index is 698. The van der Waals surface area contributed by atoms with Gasteiger partial charge in [-0.05, 0) is 29.3 Å². The highest BCUT2D eigenvalue weighted by atomic mass is 32.1. The molecule has 0 radical (unpaired) electrons. The number of amides is 2. The van der Waals surface area contributed by atoms with Crippen LogP contribution in [0.4, 0.5) is 0 Å². The molecule has 6 heteroatoms. The number of hydrogen-bond donors (Lipinski definition) is 3. The molecular weight excluding hydrogens is 346 g/mol. The number of likely N-dealkylation sites (N-methyl/N-ethyl adjacent to an activating group) is 1. The first-order chi connectivity index (χ1) is 12.5. The van der Waals surface area contributed by atoms with Gasteiger partial charge in [-0.15, -0.1) is 11.3 Å². The van der Waals surface area contributed by atoms with Gasteiger partial charge in [0, 0.05) is 12.6 Å². The molecular formula is C20H28N3O2S+. The monoisotopic (exact) mass is 374 g/mol. The molecule has 1 heterocycles. The Morgan fingerprint density at radius 1 is 1.12 bits per heavy atom. The smallest absolute Gasteiger partial charge is 0.275 e. The maximum Gasteiger partial charge on any atom is 0.275 e. The SMILES string of the molecule is CC[C@@H](C)c1ccc([C@H]([NH2+]CC(=O)NCC(=O)NC)c2cccs2)cc1. The summed E-state index contributed by atoms with van der Waals surface area (Å²) in [5.41, 5.74) is 2.52. The van der Waals surface area contributed by atoms with Crippen LogP contribution < -0.4 is 16.0 Å². The predicted octanol–water partition coefficient (Wildman–Crippen LogP) is 1.78. The quantitative estimate of drug-likeness (QED) is 0.626. The van der Waals surface area contributed by atoms with Crippen molar-refractivity contribution in [2.75, 3.05) is 20.1 Å². The second kappa shape index (κ2) is 10.1. The van der Waals surface area contributed by atoms with Crippen LogP contribution in [0.15, 0.2) is 41.8 Å². The molecule has 1 aromatic heterocycles. The Morgan fingerprint density at radius 3 is 2.38 bits per heavy atom. The van der Waals surface area contributed by atoms with E-state index >= 15 is 0 Å². The summed E-state index contributed by atoms with van der Waals surface area (Å²) in [7, 11) is 1.55. The van der Waals surface area contributed by atoms with Crippen molar-refractivity contribution in [1.29, 1.82) is 0 Å². The van der Waals surface area contributed by atoms with Crippen LogP contribution in [-0.4, -0.2) is 32.0 Å². The van der Waals surface area contributed by atoms with Gasteiger partial charge in [0.25, 0.3) is 5.91 Å². The van der Waals surface area contributed by atoms with E-state index in [1.165, 1.54) is 16.0 Å². The van der Waals surface area contributed by atoms with E-state index in [0.717, 1.165) is 6.42 Å². The maximum absolute atomic E-state index is 12.0. The molecule has 2 atom stereocenters. The summed E-state index contributed by atoms with van der Waals surface area (Å²) in [5.74, 6) is 0.198. The fourth-order valence-corrected chi connectivity index (χ4v) is 3.57. The van der Waals surface area contributed by atoms with Crippen LogP contribution in [-0.2, 0) is 9.59 Å². The van der Waals surface area contributed by atoms with Crippen LogP contribution in [0.3, 0.4) is 0 Å². The molecule has 0 aliphatic carbocycles. The lowest BCUT2D eigenvalue weighted by molar-refractivity contribution is -0.676. The summed E-state index contributed by atoms with van der Waals surface area (Å²) in [6, 6.07) is 12.9. The van der Waals surface area contributed by atoms with E-state index in [4.69, 9.17) is 0 Å². The highest BCUT2D eigenvalue weighted by Gasteiger charge is 2.20. The number of carbonyl (C=O) groups is 2. The fraction of sp³-hybridized carbons (Fsp3) is 0.400. The molecule has 2 rings (SSSR count). The molecule has 5 nitrogen and oxygen atoms in total. The van der Waals surface area contributed by atoms with E-state index in [2.05, 4.69) is 60.2 Å². The molecule has 4 N–H and O–H groups in total. The largest absolute Gasteiger partial charge is 0.358 e. The zero-order valence-electron chi connectivity index (χ0n) is 15.6. The summed E-state index contributed by atoms with van der Waals surface area (Å²) < 4.78 is 0. The van der Waals surface area contributed by atoms with Crippen LogP contribution in [0.5, 0.6) is 0 Å². The predicted molar refractivity (Wildman–Crippen MR) is 105 cm³/mol. The van der Waals surface area contributed by atoms with Crippen LogP contribution in [0.2, 0.25) is 0 Å². The number of nitrogens with two attached hydrogens (primary N) is 1. The van der Waals surface area contributed by atoms with Gasteiger partial charge in [-0.1, -0.05) is 44.2 Å². The molecule has 0 saturated carbocycles. The molecule has 0 spiro atoms. The average molecular weight is 375 g/mol. The van der Waals surface area contributed by atoms with Crippen LogP contribution in [0, 0.1) is 0 Å². The number of thiophene rings is 1. The number of quaternary nitrogens is 1. The topological polar surface area (TPSA) is 74.8 Å². The molecule has 2 aromatic rings. The van der Waals surface area contributed by atoms with E-state index in [-0.39, 0.29) is 30.9 Å². The molecule has 2 amide bonds. The van der Waals surface area contributed by atoms with Crippen LogP contribution in [0.25, 0.3) is 0 Å². The van der Waals surface area contributed by atoms with Gasteiger partial charge < -0.3 is 16.0 Å². The summed E-state index contributed by atoms with van der Waals surface area (Å²) in [6.07, 6.45) is 1.12. The van der Waals surface area contributed by atoms with Gasteiger partial charge in [0.15, 0.2) is 6.54 Å². The van der Waals surface area contributed by atoms with Crippen molar-refractivity contribution in [3.05, 3.63) is 57.8 Å². The molecule has 0 saturated heterocycles. The van der Waals surface area contributed by atoms with Crippen LogP contribution in [0.1, 0.15) is 48.2 Å². The minimum Gasteiger partial charge on any atom is -0.358 e.